The lowest BCUT2D eigenvalue weighted by molar-refractivity contribution is -0.124. The van der Waals surface area contributed by atoms with Crippen molar-refractivity contribution in [2.45, 2.75) is 39.5 Å². The maximum absolute atomic E-state index is 12.5. The molecular formula is C16H20ClNO3. The molecule has 1 aliphatic rings. The van der Waals surface area contributed by atoms with Gasteiger partial charge in [0, 0.05) is 5.92 Å². The first kappa shape index (κ1) is 15.8. The number of carbonyl (C=O) groups is 2. The summed E-state index contributed by atoms with van der Waals surface area (Å²) in [4.78, 5) is 23.8. The predicted molar refractivity (Wildman–Crippen MR) is 82.8 cm³/mol. The van der Waals surface area contributed by atoms with Gasteiger partial charge in [-0.2, -0.15) is 0 Å². The quantitative estimate of drug-likeness (QED) is 0.879. The fourth-order valence-electron chi connectivity index (χ4n) is 3.05. The molecule has 1 atom stereocenters. The smallest absolute Gasteiger partial charge is 0.339 e. The van der Waals surface area contributed by atoms with Crippen molar-refractivity contribution in [1.29, 1.82) is 0 Å². The van der Waals surface area contributed by atoms with E-state index in [2.05, 4.69) is 19.2 Å². The Hall–Kier alpha value is -1.55. The molecule has 0 saturated heterocycles. The third-order valence-electron chi connectivity index (χ3n) is 4.31. The molecule has 1 aliphatic carbocycles. The highest BCUT2D eigenvalue weighted by Crippen LogP contribution is 2.41. The molecule has 0 spiro atoms. The molecule has 5 heteroatoms. The van der Waals surface area contributed by atoms with E-state index >= 15 is 0 Å². The minimum Gasteiger partial charge on any atom is -0.478 e. The Morgan fingerprint density at radius 3 is 2.67 bits per heavy atom. The van der Waals surface area contributed by atoms with Crippen molar-refractivity contribution in [3.8, 4) is 0 Å². The Morgan fingerprint density at radius 2 is 2.05 bits per heavy atom. The number of aromatic carboxylic acids is 1. The van der Waals surface area contributed by atoms with E-state index in [1.165, 1.54) is 6.07 Å². The standard InChI is InChI=1S/C16H20ClNO3/c1-16(2)9-4-3-6-10(16)14(19)18-12-8-5-7-11(17)13(12)15(20)21/h5,7-8,10H,3-4,6,9H2,1-2H3,(H,18,19)(H,20,21). The van der Waals surface area contributed by atoms with Gasteiger partial charge in [0.2, 0.25) is 5.91 Å². The second-order valence-electron chi connectivity index (χ2n) is 6.24. The van der Waals surface area contributed by atoms with Crippen molar-refractivity contribution in [1.82, 2.24) is 0 Å². The number of anilines is 1. The Labute approximate surface area is 129 Å². The van der Waals surface area contributed by atoms with Crippen molar-refractivity contribution < 1.29 is 14.7 Å². The SMILES string of the molecule is CC1(C)CCCCC1C(=O)Nc1cccc(Cl)c1C(=O)O. The third kappa shape index (κ3) is 3.38. The lowest BCUT2D eigenvalue weighted by atomic mass is 9.68. The van der Waals surface area contributed by atoms with Crippen LogP contribution < -0.4 is 5.32 Å². The van der Waals surface area contributed by atoms with E-state index in [1.807, 2.05) is 0 Å². The molecule has 0 heterocycles. The van der Waals surface area contributed by atoms with Crippen LogP contribution in [0.4, 0.5) is 5.69 Å². The number of benzene rings is 1. The van der Waals surface area contributed by atoms with E-state index in [0.717, 1.165) is 25.7 Å². The summed E-state index contributed by atoms with van der Waals surface area (Å²) in [5.41, 5.74) is 0.145. The summed E-state index contributed by atoms with van der Waals surface area (Å²) < 4.78 is 0. The molecule has 0 aromatic heterocycles. The number of hydrogen-bond acceptors (Lipinski definition) is 2. The monoisotopic (exact) mass is 309 g/mol. The van der Waals surface area contributed by atoms with Crippen LogP contribution in [0.25, 0.3) is 0 Å². The van der Waals surface area contributed by atoms with Gasteiger partial charge in [0.05, 0.1) is 10.7 Å². The zero-order chi connectivity index (χ0) is 15.6. The maximum Gasteiger partial charge on any atom is 0.339 e. The van der Waals surface area contributed by atoms with Crippen molar-refractivity contribution in [3.63, 3.8) is 0 Å². The molecule has 1 aromatic carbocycles. The molecule has 1 aromatic rings. The zero-order valence-electron chi connectivity index (χ0n) is 12.3. The number of halogens is 1. The van der Waals surface area contributed by atoms with E-state index in [1.54, 1.807) is 12.1 Å². The summed E-state index contributed by atoms with van der Waals surface area (Å²) in [5, 5.41) is 12.1. The van der Waals surface area contributed by atoms with Crippen LogP contribution in [-0.2, 0) is 4.79 Å². The average Bonchev–Trinajstić information content (AvgIpc) is 2.37. The maximum atomic E-state index is 12.5. The summed E-state index contributed by atoms with van der Waals surface area (Å²) in [6.07, 6.45) is 4.01. The topological polar surface area (TPSA) is 66.4 Å². The number of nitrogens with one attached hydrogen (secondary N) is 1. The number of amides is 1. The van der Waals surface area contributed by atoms with Crippen LogP contribution in [-0.4, -0.2) is 17.0 Å². The first-order valence-electron chi connectivity index (χ1n) is 7.15. The van der Waals surface area contributed by atoms with Gasteiger partial charge >= 0.3 is 5.97 Å². The highest BCUT2D eigenvalue weighted by molar-refractivity contribution is 6.34. The number of rotatable bonds is 3. The molecule has 1 saturated carbocycles. The van der Waals surface area contributed by atoms with Gasteiger partial charge < -0.3 is 10.4 Å². The molecule has 2 rings (SSSR count). The van der Waals surface area contributed by atoms with Crippen LogP contribution in [0, 0.1) is 11.3 Å². The predicted octanol–water partition coefficient (Wildman–Crippen LogP) is 4.19. The number of carbonyl (C=O) groups excluding carboxylic acids is 1. The van der Waals surface area contributed by atoms with Gasteiger partial charge in [0.1, 0.15) is 5.56 Å². The van der Waals surface area contributed by atoms with Gasteiger partial charge in [-0.25, -0.2) is 4.79 Å². The second-order valence-corrected chi connectivity index (χ2v) is 6.65. The Morgan fingerprint density at radius 1 is 1.33 bits per heavy atom. The van der Waals surface area contributed by atoms with Crippen molar-refractivity contribution in [2.75, 3.05) is 5.32 Å². The second kappa shape index (κ2) is 6.06. The fourth-order valence-corrected chi connectivity index (χ4v) is 3.30. The van der Waals surface area contributed by atoms with Gasteiger partial charge in [-0.3, -0.25) is 4.79 Å². The summed E-state index contributed by atoms with van der Waals surface area (Å²) in [6, 6.07) is 4.71. The minimum absolute atomic E-state index is 0.0545. The number of carboxylic acid groups (broad SMARTS) is 1. The summed E-state index contributed by atoms with van der Waals surface area (Å²) in [5.74, 6) is -1.37. The Bertz CT molecular complexity index is 569. The van der Waals surface area contributed by atoms with E-state index in [-0.39, 0.29) is 33.5 Å². The van der Waals surface area contributed by atoms with Crippen molar-refractivity contribution >= 4 is 29.2 Å². The first-order valence-corrected chi connectivity index (χ1v) is 7.53. The van der Waals surface area contributed by atoms with Gasteiger partial charge in [0.25, 0.3) is 0 Å². The number of hydrogen-bond donors (Lipinski definition) is 2. The lowest BCUT2D eigenvalue weighted by Gasteiger charge is -2.37. The molecule has 0 radical (unpaired) electrons. The Kier molecular flexibility index (Phi) is 4.57. The van der Waals surface area contributed by atoms with E-state index in [4.69, 9.17) is 11.6 Å². The molecule has 4 nitrogen and oxygen atoms in total. The van der Waals surface area contributed by atoms with Gasteiger partial charge in [-0.05, 0) is 30.4 Å². The first-order chi connectivity index (χ1) is 9.83. The number of carboxylic acids is 1. The van der Waals surface area contributed by atoms with Gasteiger partial charge in [-0.15, -0.1) is 0 Å². The van der Waals surface area contributed by atoms with Crippen LogP contribution in [0.1, 0.15) is 49.9 Å². The molecule has 0 aliphatic heterocycles. The van der Waals surface area contributed by atoms with Crippen LogP contribution in [0.3, 0.4) is 0 Å². The lowest BCUT2D eigenvalue weighted by Crippen LogP contribution is -2.37. The summed E-state index contributed by atoms with van der Waals surface area (Å²) in [7, 11) is 0. The van der Waals surface area contributed by atoms with E-state index in [9.17, 15) is 14.7 Å². The zero-order valence-corrected chi connectivity index (χ0v) is 13.0. The van der Waals surface area contributed by atoms with E-state index in [0.29, 0.717) is 0 Å². The van der Waals surface area contributed by atoms with Crippen LogP contribution in [0.15, 0.2) is 18.2 Å². The molecule has 1 unspecified atom stereocenters. The van der Waals surface area contributed by atoms with Gasteiger partial charge in [0.15, 0.2) is 0 Å². The molecule has 21 heavy (non-hydrogen) atoms. The summed E-state index contributed by atoms with van der Waals surface area (Å²) >= 11 is 5.92. The van der Waals surface area contributed by atoms with Crippen molar-refractivity contribution in [3.05, 3.63) is 28.8 Å². The molecule has 0 bridgehead atoms. The van der Waals surface area contributed by atoms with Crippen LogP contribution in [0.2, 0.25) is 5.02 Å². The normalized spacial score (nSPS) is 20.8. The van der Waals surface area contributed by atoms with E-state index < -0.39 is 5.97 Å². The molecular weight excluding hydrogens is 290 g/mol. The van der Waals surface area contributed by atoms with Crippen LogP contribution in [0.5, 0.6) is 0 Å². The molecule has 1 fully saturated rings. The minimum atomic E-state index is -1.14. The van der Waals surface area contributed by atoms with Crippen molar-refractivity contribution in [2.24, 2.45) is 11.3 Å². The van der Waals surface area contributed by atoms with Gasteiger partial charge in [-0.1, -0.05) is 44.4 Å². The van der Waals surface area contributed by atoms with Crippen LogP contribution >= 0.6 is 11.6 Å². The molecule has 2 N–H and O–H groups in total. The largest absolute Gasteiger partial charge is 0.478 e. The summed E-state index contributed by atoms with van der Waals surface area (Å²) in [6.45, 7) is 4.18. The fraction of sp³-hybridized carbons (Fsp3) is 0.500. The molecule has 1 amide bonds. The third-order valence-corrected chi connectivity index (χ3v) is 4.62. The Balaban J connectivity index is 2.24. The highest BCUT2D eigenvalue weighted by Gasteiger charge is 2.37. The highest BCUT2D eigenvalue weighted by atomic mass is 35.5. The average molecular weight is 310 g/mol. The molecule has 114 valence electrons.